The maximum absolute atomic E-state index is 11.6. The fourth-order valence-electron chi connectivity index (χ4n) is 3.82. The minimum absolute atomic E-state index is 0.0562. The number of aryl methyl sites for hydroxylation is 2. The Balaban J connectivity index is 0.000000202. The quantitative estimate of drug-likeness (QED) is 0.281. The van der Waals surface area contributed by atoms with E-state index < -0.39 is 5.63 Å². The molecule has 0 saturated carbocycles. The molecule has 0 spiro atoms. The van der Waals surface area contributed by atoms with Crippen molar-refractivity contribution in [2.45, 2.75) is 20.5 Å². The maximum atomic E-state index is 11.6. The molecule has 0 aliphatic rings. The molecule has 36 heavy (non-hydrogen) atoms. The van der Waals surface area contributed by atoms with Gasteiger partial charge in [0.25, 0.3) is 0 Å². The number of anilines is 1. The van der Waals surface area contributed by atoms with Crippen molar-refractivity contribution in [3.05, 3.63) is 81.7 Å². The van der Waals surface area contributed by atoms with Crippen molar-refractivity contribution >= 4 is 23.1 Å². The average Bonchev–Trinajstić information content (AvgIpc) is 2.90. The highest BCUT2D eigenvalue weighted by Gasteiger charge is 2.14. The molecule has 0 aliphatic heterocycles. The van der Waals surface area contributed by atoms with Crippen LogP contribution in [0.4, 0.5) is 5.69 Å². The van der Waals surface area contributed by atoms with E-state index in [1.807, 2.05) is 30.3 Å². The first-order chi connectivity index (χ1) is 17.4. The number of fused-ring (bicyclic) bond motifs is 1. The Morgan fingerprint density at radius 1 is 0.944 bits per heavy atom. The van der Waals surface area contributed by atoms with Crippen LogP contribution in [0.1, 0.15) is 16.7 Å². The van der Waals surface area contributed by atoms with Gasteiger partial charge in [-0.3, -0.25) is 4.79 Å². The number of benzene rings is 3. The predicted molar refractivity (Wildman–Crippen MR) is 139 cm³/mol. The number of carbonyl (C=O) groups excluding carboxylic acids is 1. The summed E-state index contributed by atoms with van der Waals surface area (Å²) in [6.45, 7) is 3.58. The van der Waals surface area contributed by atoms with Crippen LogP contribution in [0.25, 0.3) is 22.1 Å². The van der Waals surface area contributed by atoms with Crippen molar-refractivity contribution in [2.75, 3.05) is 26.6 Å². The summed E-state index contributed by atoms with van der Waals surface area (Å²) in [4.78, 5) is 22.1. The summed E-state index contributed by atoms with van der Waals surface area (Å²) in [6.07, 6.45) is 0.407. The zero-order valence-electron chi connectivity index (χ0n) is 20.9. The molecule has 1 aromatic heterocycles. The van der Waals surface area contributed by atoms with Gasteiger partial charge in [0.1, 0.15) is 28.5 Å². The summed E-state index contributed by atoms with van der Waals surface area (Å²) >= 11 is 0. The number of methoxy groups -OCH3 is 3. The Hall–Kier alpha value is -4.30. The first-order valence-electron chi connectivity index (χ1n) is 11.1. The van der Waals surface area contributed by atoms with Crippen LogP contribution in [0.15, 0.2) is 63.8 Å². The van der Waals surface area contributed by atoms with Crippen molar-refractivity contribution in [1.29, 1.82) is 0 Å². The highest BCUT2D eigenvalue weighted by atomic mass is 16.5. The van der Waals surface area contributed by atoms with Crippen molar-refractivity contribution in [2.24, 2.45) is 0 Å². The molecule has 0 aliphatic carbocycles. The molecule has 4 aromatic rings. The number of aliphatic hydroxyl groups is 1. The number of nitrogens with one attached hydrogen (secondary N) is 1. The highest BCUT2D eigenvalue weighted by molar-refractivity contribution is 5.87. The largest absolute Gasteiger partial charge is 0.497 e. The fourth-order valence-corrected chi connectivity index (χ4v) is 3.82. The summed E-state index contributed by atoms with van der Waals surface area (Å²) in [6, 6.07) is 17.3. The van der Waals surface area contributed by atoms with Gasteiger partial charge >= 0.3 is 5.63 Å². The second-order valence-electron chi connectivity index (χ2n) is 7.90. The Bertz CT molecular complexity index is 1430. The summed E-state index contributed by atoms with van der Waals surface area (Å²) in [5.74, 6) is 2.23. The number of hydrogen-bond donors (Lipinski definition) is 2. The van der Waals surface area contributed by atoms with E-state index in [1.165, 1.54) is 18.7 Å². The van der Waals surface area contributed by atoms with E-state index in [0.29, 0.717) is 34.3 Å². The molecule has 0 radical (unpaired) electrons. The lowest BCUT2D eigenvalue weighted by Crippen LogP contribution is -2.09. The average molecular weight is 492 g/mol. The van der Waals surface area contributed by atoms with E-state index in [0.717, 1.165) is 22.6 Å². The molecular weight excluding hydrogens is 462 g/mol. The van der Waals surface area contributed by atoms with E-state index in [4.69, 9.17) is 18.6 Å². The lowest BCUT2D eigenvalue weighted by molar-refractivity contribution is -0.105. The zero-order valence-corrected chi connectivity index (χ0v) is 20.9. The van der Waals surface area contributed by atoms with E-state index in [9.17, 15) is 14.7 Å². The summed E-state index contributed by atoms with van der Waals surface area (Å²) in [5, 5.41) is 12.2. The van der Waals surface area contributed by atoms with Gasteiger partial charge < -0.3 is 29.1 Å². The van der Waals surface area contributed by atoms with E-state index in [2.05, 4.69) is 24.4 Å². The van der Waals surface area contributed by atoms with Crippen LogP contribution >= 0.6 is 0 Å². The second-order valence-corrected chi connectivity index (χ2v) is 7.90. The number of ether oxygens (including phenoxy) is 3. The van der Waals surface area contributed by atoms with Crippen LogP contribution in [0.3, 0.4) is 0 Å². The monoisotopic (exact) mass is 491 g/mol. The number of hydrogen-bond acceptors (Lipinski definition) is 7. The minimum atomic E-state index is -0.642. The first-order valence-corrected chi connectivity index (χ1v) is 11.1. The SMILES string of the molecule is COc1cc2cc(NC=O)c(=O)oc2c(C)c1CO.COc1cccc(-c2cc(C)ccc2OC)c1. The molecule has 0 bridgehead atoms. The van der Waals surface area contributed by atoms with Crippen molar-refractivity contribution in [3.63, 3.8) is 0 Å². The van der Waals surface area contributed by atoms with Crippen LogP contribution in [0.5, 0.6) is 17.2 Å². The van der Waals surface area contributed by atoms with Gasteiger partial charge in [0.2, 0.25) is 6.41 Å². The standard InChI is InChI=1S/C15H16O2.C13H13NO5/c1-11-7-8-15(17-3)14(9-11)12-5-4-6-13(10-12)16-2;1-7-9(5-15)11(18-2)4-8-3-10(14-6-16)13(17)19-12(7)8/h4-10H,1-3H3;3-4,6,15H,5H2,1-2H3,(H,14,16). The Kier molecular flexibility index (Phi) is 8.70. The third kappa shape index (κ3) is 5.67. The van der Waals surface area contributed by atoms with Gasteiger partial charge in [-0.1, -0.05) is 23.8 Å². The first kappa shape index (κ1) is 26.3. The smallest absolute Gasteiger partial charge is 0.360 e. The highest BCUT2D eigenvalue weighted by Crippen LogP contribution is 2.33. The predicted octanol–water partition coefficient (Wildman–Crippen LogP) is 4.85. The number of rotatable bonds is 7. The maximum Gasteiger partial charge on any atom is 0.360 e. The van der Waals surface area contributed by atoms with Crippen LogP contribution in [0.2, 0.25) is 0 Å². The van der Waals surface area contributed by atoms with E-state index >= 15 is 0 Å². The van der Waals surface area contributed by atoms with Gasteiger partial charge in [-0.2, -0.15) is 0 Å². The third-order valence-electron chi connectivity index (χ3n) is 5.68. The van der Waals surface area contributed by atoms with Crippen LogP contribution in [0, 0.1) is 13.8 Å². The summed E-state index contributed by atoms with van der Waals surface area (Å²) in [7, 11) is 4.85. The van der Waals surface area contributed by atoms with Crippen molar-refractivity contribution in [3.8, 4) is 28.4 Å². The molecule has 0 saturated heterocycles. The topological polar surface area (TPSA) is 107 Å². The molecule has 8 heteroatoms. The number of amides is 1. The van der Waals surface area contributed by atoms with Crippen LogP contribution in [-0.4, -0.2) is 32.8 Å². The molecule has 1 amide bonds. The summed E-state index contributed by atoms with van der Waals surface area (Å²) < 4.78 is 21.0. The van der Waals surface area contributed by atoms with Gasteiger partial charge in [0, 0.05) is 22.1 Å². The normalized spacial score (nSPS) is 10.3. The Morgan fingerprint density at radius 2 is 1.69 bits per heavy atom. The fraction of sp³-hybridized carbons (Fsp3) is 0.214. The third-order valence-corrected chi connectivity index (χ3v) is 5.68. The van der Waals surface area contributed by atoms with Crippen molar-refractivity contribution in [1.82, 2.24) is 0 Å². The molecule has 0 unspecified atom stereocenters. The Labute approximate surface area is 209 Å². The summed E-state index contributed by atoms with van der Waals surface area (Å²) in [5.41, 5.74) is 4.38. The van der Waals surface area contributed by atoms with Gasteiger partial charge in [0.05, 0.1) is 27.9 Å². The van der Waals surface area contributed by atoms with Crippen LogP contribution in [-0.2, 0) is 11.4 Å². The molecule has 2 N–H and O–H groups in total. The molecule has 188 valence electrons. The molecule has 4 rings (SSSR count). The number of aliphatic hydroxyl groups excluding tert-OH is 1. The second kappa shape index (κ2) is 11.9. The molecule has 8 nitrogen and oxygen atoms in total. The minimum Gasteiger partial charge on any atom is -0.497 e. The van der Waals surface area contributed by atoms with E-state index in [1.54, 1.807) is 27.2 Å². The van der Waals surface area contributed by atoms with Gasteiger partial charge in [-0.15, -0.1) is 0 Å². The lowest BCUT2D eigenvalue weighted by atomic mass is 10.0. The van der Waals surface area contributed by atoms with Crippen molar-refractivity contribution < 1.29 is 28.5 Å². The van der Waals surface area contributed by atoms with Crippen LogP contribution < -0.4 is 25.2 Å². The molecular formula is C28H29NO7. The molecule has 1 heterocycles. The van der Waals surface area contributed by atoms with Gasteiger partial charge in [-0.25, -0.2) is 4.79 Å². The number of carbonyl (C=O) groups is 1. The molecule has 0 fully saturated rings. The zero-order chi connectivity index (χ0) is 26.2. The van der Waals surface area contributed by atoms with Gasteiger partial charge in [-0.05, 0) is 55.8 Å². The van der Waals surface area contributed by atoms with E-state index in [-0.39, 0.29) is 12.3 Å². The van der Waals surface area contributed by atoms with Gasteiger partial charge in [0.15, 0.2) is 0 Å². The lowest BCUT2D eigenvalue weighted by Gasteiger charge is -2.12. The Morgan fingerprint density at radius 3 is 2.33 bits per heavy atom. The molecule has 3 aromatic carbocycles. The molecule has 0 atom stereocenters.